The molecule has 0 bridgehead atoms. The van der Waals surface area contributed by atoms with Gasteiger partial charge in [-0.25, -0.2) is 0 Å². The standard InChI is InChI=1S/C32H33NO3/c1-35-30-19-16-25(20-31(30)36-23-24-10-4-2-5-11-24)22-33(29-14-6-3-7-15-29)32(34)28-18-17-26-12-8-9-13-27(26)21-28/h2,4-5,8-13,16-21,29H,3,6-7,14-15,22-23H2,1H3. The molecular formula is C32H33NO3. The Morgan fingerprint density at radius 2 is 1.53 bits per heavy atom. The van der Waals surface area contributed by atoms with E-state index in [1.807, 2.05) is 78.9 Å². The Kier molecular flexibility index (Phi) is 7.51. The molecule has 4 aromatic carbocycles. The Balaban J connectivity index is 1.41. The summed E-state index contributed by atoms with van der Waals surface area (Å²) in [5.41, 5.74) is 2.88. The van der Waals surface area contributed by atoms with E-state index in [9.17, 15) is 4.79 Å². The second-order valence-corrected chi connectivity index (χ2v) is 9.55. The van der Waals surface area contributed by atoms with Gasteiger partial charge in [-0.1, -0.05) is 86.0 Å². The molecule has 1 aliphatic rings. The van der Waals surface area contributed by atoms with Crippen molar-refractivity contribution in [2.24, 2.45) is 0 Å². The molecule has 0 unspecified atom stereocenters. The van der Waals surface area contributed by atoms with Crippen molar-refractivity contribution >= 4 is 16.7 Å². The third-order valence-corrected chi connectivity index (χ3v) is 7.09. The number of rotatable bonds is 8. The number of carbonyl (C=O) groups excluding carboxylic acids is 1. The molecule has 0 atom stereocenters. The van der Waals surface area contributed by atoms with Crippen molar-refractivity contribution in [2.75, 3.05) is 7.11 Å². The van der Waals surface area contributed by atoms with Gasteiger partial charge in [-0.2, -0.15) is 0 Å². The fourth-order valence-corrected chi connectivity index (χ4v) is 5.11. The average Bonchev–Trinajstić information content (AvgIpc) is 2.95. The molecule has 5 rings (SSSR count). The number of carbonyl (C=O) groups is 1. The van der Waals surface area contributed by atoms with Crippen LogP contribution in [0.2, 0.25) is 0 Å². The molecule has 0 radical (unpaired) electrons. The van der Waals surface area contributed by atoms with Gasteiger partial charge in [0.05, 0.1) is 7.11 Å². The van der Waals surface area contributed by atoms with E-state index in [-0.39, 0.29) is 11.9 Å². The Morgan fingerprint density at radius 1 is 0.778 bits per heavy atom. The van der Waals surface area contributed by atoms with Crippen molar-refractivity contribution in [3.63, 3.8) is 0 Å². The molecule has 1 amide bonds. The molecule has 36 heavy (non-hydrogen) atoms. The van der Waals surface area contributed by atoms with Gasteiger partial charge in [0.15, 0.2) is 11.5 Å². The van der Waals surface area contributed by atoms with Crippen LogP contribution in [0.5, 0.6) is 11.5 Å². The second kappa shape index (κ2) is 11.3. The van der Waals surface area contributed by atoms with E-state index in [0.29, 0.717) is 24.7 Å². The van der Waals surface area contributed by atoms with E-state index in [0.717, 1.165) is 40.3 Å². The summed E-state index contributed by atoms with van der Waals surface area (Å²) in [6.07, 6.45) is 5.68. The monoisotopic (exact) mass is 479 g/mol. The van der Waals surface area contributed by atoms with Crippen LogP contribution in [0.1, 0.15) is 53.6 Å². The van der Waals surface area contributed by atoms with Crippen LogP contribution in [0.4, 0.5) is 0 Å². The lowest BCUT2D eigenvalue weighted by Gasteiger charge is -2.35. The first-order chi connectivity index (χ1) is 17.7. The smallest absolute Gasteiger partial charge is 0.254 e. The molecule has 0 aliphatic heterocycles. The maximum atomic E-state index is 13.9. The highest BCUT2D eigenvalue weighted by atomic mass is 16.5. The van der Waals surface area contributed by atoms with Crippen LogP contribution in [0, 0.1) is 0 Å². The quantitative estimate of drug-likeness (QED) is 0.264. The fraction of sp³-hybridized carbons (Fsp3) is 0.281. The largest absolute Gasteiger partial charge is 0.493 e. The zero-order valence-electron chi connectivity index (χ0n) is 20.9. The zero-order valence-corrected chi connectivity index (χ0v) is 20.9. The molecule has 1 fully saturated rings. The van der Waals surface area contributed by atoms with Crippen molar-refractivity contribution in [1.82, 2.24) is 4.90 Å². The first kappa shape index (κ1) is 23.9. The number of methoxy groups -OCH3 is 1. The van der Waals surface area contributed by atoms with Gasteiger partial charge in [0.25, 0.3) is 5.91 Å². The fourth-order valence-electron chi connectivity index (χ4n) is 5.11. The number of amides is 1. The van der Waals surface area contributed by atoms with Gasteiger partial charge in [0.2, 0.25) is 0 Å². The number of ether oxygens (including phenoxy) is 2. The van der Waals surface area contributed by atoms with Gasteiger partial charge in [0, 0.05) is 18.2 Å². The van der Waals surface area contributed by atoms with Gasteiger partial charge >= 0.3 is 0 Å². The number of hydrogen-bond donors (Lipinski definition) is 0. The van der Waals surface area contributed by atoms with E-state index in [2.05, 4.69) is 17.0 Å². The number of benzene rings is 4. The molecule has 4 nitrogen and oxygen atoms in total. The van der Waals surface area contributed by atoms with Crippen LogP contribution in [0.25, 0.3) is 10.8 Å². The van der Waals surface area contributed by atoms with Crippen molar-refractivity contribution < 1.29 is 14.3 Å². The summed E-state index contributed by atoms with van der Waals surface area (Å²) >= 11 is 0. The Bertz CT molecular complexity index is 1310. The van der Waals surface area contributed by atoms with Crippen LogP contribution in [0.3, 0.4) is 0 Å². The molecular weight excluding hydrogens is 446 g/mol. The van der Waals surface area contributed by atoms with Gasteiger partial charge in [0.1, 0.15) is 6.61 Å². The predicted molar refractivity (Wildman–Crippen MR) is 144 cm³/mol. The number of nitrogens with zero attached hydrogens (tertiary/aromatic N) is 1. The molecule has 1 saturated carbocycles. The lowest BCUT2D eigenvalue weighted by Crippen LogP contribution is -2.41. The molecule has 184 valence electrons. The maximum absolute atomic E-state index is 13.9. The Morgan fingerprint density at radius 3 is 2.31 bits per heavy atom. The summed E-state index contributed by atoms with van der Waals surface area (Å²) in [5.74, 6) is 1.48. The van der Waals surface area contributed by atoms with Gasteiger partial charge in [-0.3, -0.25) is 4.79 Å². The normalized spacial score (nSPS) is 13.9. The van der Waals surface area contributed by atoms with Crippen LogP contribution in [-0.4, -0.2) is 24.0 Å². The van der Waals surface area contributed by atoms with Gasteiger partial charge in [-0.05, 0) is 59.0 Å². The minimum absolute atomic E-state index is 0.0928. The highest BCUT2D eigenvalue weighted by Crippen LogP contribution is 2.32. The lowest BCUT2D eigenvalue weighted by atomic mass is 9.93. The minimum Gasteiger partial charge on any atom is -0.493 e. The van der Waals surface area contributed by atoms with Crippen LogP contribution >= 0.6 is 0 Å². The molecule has 0 spiro atoms. The summed E-state index contributed by atoms with van der Waals surface area (Å²) in [6, 6.07) is 30.6. The van der Waals surface area contributed by atoms with E-state index in [1.165, 1.54) is 19.3 Å². The van der Waals surface area contributed by atoms with E-state index in [4.69, 9.17) is 9.47 Å². The summed E-state index contributed by atoms with van der Waals surface area (Å²) in [4.78, 5) is 16.0. The van der Waals surface area contributed by atoms with Crippen molar-refractivity contribution in [1.29, 1.82) is 0 Å². The van der Waals surface area contributed by atoms with Crippen LogP contribution in [-0.2, 0) is 13.2 Å². The predicted octanol–water partition coefficient (Wildman–Crippen LogP) is 7.40. The molecule has 0 aromatic heterocycles. The highest BCUT2D eigenvalue weighted by molar-refractivity contribution is 5.98. The molecule has 0 N–H and O–H groups in total. The number of fused-ring (bicyclic) bond motifs is 1. The molecule has 0 saturated heterocycles. The van der Waals surface area contributed by atoms with Crippen molar-refractivity contribution in [3.05, 3.63) is 108 Å². The van der Waals surface area contributed by atoms with E-state index < -0.39 is 0 Å². The lowest BCUT2D eigenvalue weighted by molar-refractivity contribution is 0.0614. The number of hydrogen-bond acceptors (Lipinski definition) is 3. The average molecular weight is 480 g/mol. The molecule has 4 heteroatoms. The Labute approximate surface area is 213 Å². The first-order valence-electron chi connectivity index (χ1n) is 12.8. The van der Waals surface area contributed by atoms with Gasteiger partial charge in [-0.15, -0.1) is 0 Å². The topological polar surface area (TPSA) is 38.8 Å². The van der Waals surface area contributed by atoms with Crippen LogP contribution in [0.15, 0.2) is 91.0 Å². The summed E-state index contributed by atoms with van der Waals surface area (Å²) in [6.45, 7) is 1.00. The summed E-state index contributed by atoms with van der Waals surface area (Å²) in [7, 11) is 1.65. The van der Waals surface area contributed by atoms with Gasteiger partial charge < -0.3 is 14.4 Å². The van der Waals surface area contributed by atoms with Crippen LogP contribution < -0.4 is 9.47 Å². The van der Waals surface area contributed by atoms with Crippen molar-refractivity contribution in [3.8, 4) is 11.5 Å². The maximum Gasteiger partial charge on any atom is 0.254 e. The minimum atomic E-state index is 0.0928. The van der Waals surface area contributed by atoms with Crippen molar-refractivity contribution in [2.45, 2.75) is 51.3 Å². The second-order valence-electron chi connectivity index (χ2n) is 9.55. The summed E-state index contributed by atoms with van der Waals surface area (Å²) < 4.78 is 11.7. The van der Waals surface area contributed by atoms with E-state index >= 15 is 0 Å². The molecule has 0 heterocycles. The Hall–Kier alpha value is -3.79. The summed E-state index contributed by atoms with van der Waals surface area (Å²) in [5, 5.41) is 2.24. The molecule has 4 aromatic rings. The third-order valence-electron chi connectivity index (χ3n) is 7.09. The highest BCUT2D eigenvalue weighted by Gasteiger charge is 2.27. The SMILES string of the molecule is COc1ccc(CN(C(=O)c2ccc3ccccc3c2)C2CCCCC2)cc1OCc1ccccc1. The molecule has 1 aliphatic carbocycles. The van der Waals surface area contributed by atoms with E-state index in [1.54, 1.807) is 7.11 Å². The third kappa shape index (κ3) is 5.54. The zero-order chi connectivity index (χ0) is 24.7. The first-order valence-corrected chi connectivity index (χ1v) is 12.8.